The molecule has 0 bridgehead atoms. The maximum atomic E-state index is 11.6. The van der Waals surface area contributed by atoms with Crippen LogP contribution in [0.25, 0.3) is 0 Å². The summed E-state index contributed by atoms with van der Waals surface area (Å²) in [4.78, 5) is 11.6. The lowest BCUT2D eigenvalue weighted by molar-refractivity contribution is 0.236. The molecule has 1 heterocycles. The van der Waals surface area contributed by atoms with Gasteiger partial charge < -0.3 is 14.3 Å². The zero-order valence-electron chi connectivity index (χ0n) is 9.43. The zero-order valence-corrected chi connectivity index (χ0v) is 11.0. The number of benzene rings is 1. The molecule has 5 heteroatoms. The first-order chi connectivity index (χ1) is 8.70. The van der Waals surface area contributed by atoms with Gasteiger partial charge in [0, 0.05) is 16.1 Å². The number of aliphatic hydroxyl groups is 1. The van der Waals surface area contributed by atoms with Gasteiger partial charge in [-0.3, -0.25) is 4.79 Å². The molecule has 0 amide bonds. The van der Waals surface area contributed by atoms with Gasteiger partial charge in [-0.1, -0.05) is 34.1 Å². The molecule has 0 aliphatic carbocycles. The molecule has 1 N–H and O–H groups in total. The Hall–Kier alpha value is -1.59. The van der Waals surface area contributed by atoms with Gasteiger partial charge in [0.05, 0.1) is 0 Å². The summed E-state index contributed by atoms with van der Waals surface area (Å²) in [6.07, 6.45) is 1.21. The van der Waals surface area contributed by atoms with E-state index in [9.17, 15) is 4.79 Å². The van der Waals surface area contributed by atoms with E-state index in [1.807, 2.05) is 24.3 Å². The van der Waals surface area contributed by atoms with Crippen LogP contribution in [0.4, 0.5) is 0 Å². The molecule has 0 radical (unpaired) electrons. The fourth-order valence-electron chi connectivity index (χ4n) is 1.40. The van der Waals surface area contributed by atoms with Gasteiger partial charge in [-0.2, -0.15) is 0 Å². The van der Waals surface area contributed by atoms with Gasteiger partial charge in [0.15, 0.2) is 0 Å². The third-order valence-electron chi connectivity index (χ3n) is 2.35. The molecular formula is C13H11BrO4. The zero-order chi connectivity index (χ0) is 13.0. The smallest absolute Gasteiger partial charge is 0.227 e. The van der Waals surface area contributed by atoms with Crippen molar-refractivity contribution < 1.29 is 14.3 Å². The lowest BCUT2D eigenvalue weighted by atomic mass is 10.2. The minimum Gasteiger partial charge on any atom is -0.482 e. The molecule has 0 aliphatic heterocycles. The first-order valence-electron chi connectivity index (χ1n) is 5.29. The molecule has 2 rings (SSSR count). The third kappa shape index (κ3) is 3.00. The highest BCUT2D eigenvalue weighted by Gasteiger charge is 2.05. The first kappa shape index (κ1) is 12.9. The molecule has 0 saturated heterocycles. The van der Waals surface area contributed by atoms with Crippen LogP contribution in [0.15, 0.2) is 50.3 Å². The van der Waals surface area contributed by atoms with Crippen LogP contribution in [-0.2, 0) is 13.2 Å². The number of hydrogen-bond acceptors (Lipinski definition) is 4. The minimum absolute atomic E-state index is 0.128. The van der Waals surface area contributed by atoms with Crippen LogP contribution in [0.2, 0.25) is 0 Å². The standard InChI is InChI=1S/C13H11BrO4/c14-11-4-2-1-3-9(11)7-18-13-8-17-10(6-15)5-12(13)16/h1-5,8,15H,6-7H2. The van der Waals surface area contributed by atoms with Crippen molar-refractivity contribution in [2.24, 2.45) is 0 Å². The molecule has 0 saturated carbocycles. The van der Waals surface area contributed by atoms with E-state index in [-0.39, 0.29) is 30.2 Å². The quantitative estimate of drug-likeness (QED) is 0.942. The average Bonchev–Trinajstić information content (AvgIpc) is 2.39. The second-order valence-electron chi connectivity index (χ2n) is 3.61. The minimum atomic E-state index is -0.308. The Balaban J connectivity index is 2.11. The van der Waals surface area contributed by atoms with Crippen LogP contribution in [0.5, 0.6) is 5.75 Å². The molecule has 2 aromatic rings. The third-order valence-corrected chi connectivity index (χ3v) is 3.12. The van der Waals surface area contributed by atoms with Crippen molar-refractivity contribution in [2.75, 3.05) is 0 Å². The van der Waals surface area contributed by atoms with Gasteiger partial charge in [-0.25, -0.2) is 0 Å². The highest BCUT2D eigenvalue weighted by Crippen LogP contribution is 2.17. The van der Waals surface area contributed by atoms with Crippen molar-refractivity contribution in [3.63, 3.8) is 0 Å². The summed E-state index contributed by atoms with van der Waals surface area (Å²) in [6, 6.07) is 8.80. The van der Waals surface area contributed by atoms with Crippen molar-refractivity contribution in [1.29, 1.82) is 0 Å². The van der Waals surface area contributed by atoms with E-state index < -0.39 is 0 Å². The molecule has 0 fully saturated rings. The van der Waals surface area contributed by atoms with E-state index in [1.54, 1.807) is 0 Å². The summed E-state index contributed by atoms with van der Waals surface area (Å²) in [5.74, 6) is 0.344. The van der Waals surface area contributed by atoms with Crippen LogP contribution < -0.4 is 10.2 Å². The van der Waals surface area contributed by atoms with E-state index in [0.717, 1.165) is 10.0 Å². The van der Waals surface area contributed by atoms with E-state index in [4.69, 9.17) is 14.3 Å². The summed E-state index contributed by atoms with van der Waals surface area (Å²) in [7, 11) is 0. The van der Waals surface area contributed by atoms with E-state index in [0.29, 0.717) is 0 Å². The van der Waals surface area contributed by atoms with Crippen LogP contribution in [0.1, 0.15) is 11.3 Å². The van der Waals surface area contributed by atoms with Crippen LogP contribution in [-0.4, -0.2) is 5.11 Å². The van der Waals surface area contributed by atoms with Gasteiger partial charge >= 0.3 is 0 Å². The monoisotopic (exact) mass is 310 g/mol. The molecule has 18 heavy (non-hydrogen) atoms. The topological polar surface area (TPSA) is 59.7 Å². The van der Waals surface area contributed by atoms with Crippen molar-refractivity contribution in [2.45, 2.75) is 13.2 Å². The van der Waals surface area contributed by atoms with Crippen molar-refractivity contribution in [3.05, 3.63) is 62.6 Å². The molecule has 0 unspecified atom stereocenters. The maximum Gasteiger partial charge on any atom is 0.227 e. The molecule has 4 nitrogen and oxygen atoms in total. The van der Waals surface area contributed by atoms with Crippen molar-refractivity contribution in [1.82, 2.24) is 0 Å². The fraction of sp³-hybridized carbons (Fsp3) is 0.154. The molecule has 0 spiro atoms. The summed E-state index contributed by atoms with van der Waals surface area (Å²) in [5.41, 5.74) is 0.625. The van der Waals surface area contributed by atoms with Crippen LogP contribution in [0, 0.1) is 0 Å². The molecular weight excluding hydrogens is 300 g/mol. The number of aliphatic hydroxyl groups excluding tert-OH is 1. The summed E-state index contributed by atoms with van der Waals surface area (Å²) < 4.78 is 11.3. The molecule has 0 atom stereocenters. The Morgan fingerprint density at radius 3 is 2.78 bits per heavy atom. The van der Waals surface area contributed by atoms with Crippen molar-refractivity contribution >= 4 is 15.9 Å². The molecule has 94 valence electrons. The molecule has 1 aromatic heterocycles. The first-order valence-corrected chi connectivity index (χ1v) is 6.09. The van der Waals surface area contributed by atoms with Crippen molar-refractivity contribution in [3.8, 4) is 5.75 Å². The summed E-state index contributed by atoms with van der Waals surface area (Å²) in [5, 5.41) is 8.82. The summed E-state index contributed by atoms with van der Waals surface area (Å²) >= 11 is 3.40. The normalized spacial score (nSPS) is 10.3. The Kier molecular flexibility index (Phi) is 4.17. The van der Waals surface area contributed by atoms with E-state index in [2.05, 4.69) is 15.9 Å². The highest BCUT2D eigenvalue weighted by molar-refractivity contribution is 9.10. The van der Waals surface area contributed by atoms with Gasteiger partial charge in [-0.05, 0) is 6.07 Å². The molecule has 0 aliphatic rings. The van der Waals surface area contributed by atoms with Gasteiger partial charge in [0.2, 0.25) is 11.2 Å². The second-order valence-corrected chi connectivity index (χ2v) is 4.47. The Morgan fingerprint density at radius 1 is 1.33 bits per heavy atom. The lowest BCUT2D eigenvalue weighted by Crippen LogP contribution is -2.08. The predicted molar refractivity (Wildman–Crippen MR) is 69.4 cm³/mol. The highest BCUT2D eigenvalue weighted by atomic mass is 79.9. The Bertz CT molecular complexity index is 592. The maximum absolute atomic E-state index is 11.6. The van der Waals surface area contributed by atoms with Gasteiger partial charge in [-0.15, -0.1) is 0 Å². The molecule has 1 aromatic carbocycles. The Labute approximate surface area is 112 Å². The lowest BCUT2D eigenvalue weighted by Gasteiger charge is -2.06. The van der Waals surface area contributed by atoms with Crippen LogP contribution in [0.3, 0.4) is 0 Å². The summed E-state index contributed by atoms with van der Waals surface area (Å²) in [6.45, 7) is -0.0373. The number of ether oxygens (including phenoxy) is 1. The van der Waals surface area contributed by atoms with Crippen LogP contribution >= 0.6 is 15.9 Å². The van der Waals surface area contributed by atoms with E-state index >= 15 is 0 Å². The average molecular weight is 311 g/mol. The fourth-order valence-corrected chi connectivity index (χ4v) is 1.80. The second kappa shape index (κ2) is 5.84. The number of rotatable bonds is 4. The van der Waals surface area contributed by atoms with Gasteiger partial charge in [0.25, 0.3) is 0 Å². The Morgan fingerprint density at radius 2 is 2.11 bits per heavy atom. The van der Waals surface area contributed by atoms with E-state index in [1.165, 1.54) is 12.3 Å². The number of halogens is 1. The SMILES string of the molecule is O=c1cc(CO)occ1OCc1ccccc1Br. The predicted octanol–water partition coefficient (Wildman–Crippen LogP) is 2.47. The van der Waals surface area contributed by atoms with Gasteiger partial charge in [0.1, 0.15) is 25.2 Å². The number of hydrogen-bond donors (Lipinski definition) is 1. The largest absolute Gasteiger partial charge is 0.482 e.